The summed E-state index contributed by atoms with van der Waals surface area (Å²) in [7, 11) is 0. The molecule has 10 rings (SSSR count). The smallest absolute Gasteiger partial charge is 0.145 e. The highest BCUT2D eigenvalue weighted by Crippen LogP contribution is 2.49. The third kappa shape index (κ3) is 4.00. The quantitative estimate of drug-likeness (QED) is 0.184. The Morgan fingerprint density at radius 2 is 0.875 bits per heavy atom. The summed E-state index contributed by atoms with van der Waals surface area (Å²) in [5.41, 5.74) is 7.31. The molecule has 0 saturated carbocycles. The minimum atomic E-state index is 0.880. The number of furan rings is 1. The van der Waals surface area contributed by atoms with Crippen LogP contribution in [0.2, 0.25) is 0 Å². The van der Waals surface area contributed by atoms with E-state index >= 15 is 0 Å². The maximum atomic E-state index is 6.76. The van der Waals surface area contributed by atoms with Crippen LogP contribution in [0.15, 0.2) is 180 Å². The highest BCUT2D eigenvalue weighted by Gasteiger charge is 2.24. The average Bonchev–Trinajstić information content (AvgIpc) is 3.55. The van der Waals surface area contributed by atoms with Crippen LogP contribution in [-0.4, -0.2) is 0 Å². The fourth-order valence-electron chi connectivity index (χ4n) is 7.67. The highest BCUT2D eigenvalue weighted by atomic mass is 16.3. The minimum absolute atomic E-state index is 0.880. The molecule has 224 valence electrons. The lowest BCUT2D eigenvalue weighted by Crippen LogP contribution is -2.11. The van der Waals surface area contributed by atoms with Gasteiger partial charge in [0.25, 0.3) is 0 Å². The molecule has 0 amide bonds. The summed E-state index contributed by atoms with van der Waals surface area (Å²) in [5.74, 6) is 0. The maximum absolute atomic E-state index is 6.76. The summed E-state index contributed by atoms with van der Waals surface area (Å²) in [6.07, 6.45) is 0. The van der Waals surface area contributed by atoms with Gasteiger partial charge in [0.1, 0.15) is 11.2 Å². The number of fused-ring (bicyclic) bond motifs is 9. The molecule has 0 atom stereocenters. The average molecular weight is 612 g/mol. The molecule has 1 heterocycles. The van der Waals surface area contributed by atoms with E-state index in [0.29, 0.717) is 0 Å². The number of rotatable bonds is 4. The Hall–Kier alpha value is -6.38. The number of nitrogens with zero attached hydrogens (tertiary/aromatic N) is 1. The molecule has 2 nitrogen and oxygen atoms in total. The molecule has 0 bridgehead atoms. The maximum Gasteiger partial charge on any atom is 0.145 e. The van der Waals surface area contributed by atoms with Crippen LogP contribution in [0.4, 0.5) is 17.1 Å². The van der Waals surface area contributed by atoms with Gasteiger partial charge in [-0.05, 0) is 68.2 Å². The first-order valence-electron chi connectivity index (χ1n) is 16.4. The van der Waals surface area contributed by atoms with Crippen molar-refractivity contribution in [3.05, 3.63) is 176 Å². The first-order chi connectivity index (χ1) is 23.8. The van der Waals surface area contributed by atoms with E-state index in [-0.39, 0.29) is 0 Å². The second-order valence-corrected chi connectivity index (χ2v) is 12.5. The van der Waals surface area contributed by atoms with E-state index in [1.165, 1.54) is 43.1 Å². The summed E-state index contributed by atoms with van der Waals surface area (Å²) in [6, 6.07) is 63.3. The molecule has 0 aliphatic rings. The molecule has 0 aliphatic heterocycles. The fourth-order valence-corrected chi connectivity index (χ4v) is 7.67. The molecule has 9 aromatic carbocycles. The molecule has 0 radical (unpaired) electrons. The predicted octanol–water partition coefficient (Wildman–Crippen LogP) is 13.3. The summed E-state index contributed by atoms with van der Waals surface area (Å²) in [5, 5.41) is 12.0. The van der Waals surface area contributed by atoms with Crippen LogP contribution in [0, 0.1) is 0 Å². The zero-order valence-electron chi connectivity index (χ0n) is 26.1. The second-order valence-electron chi connectivity index (χ2n) is 12.5. The van der Waals surface area contributed by atoms with Crippen molar-refractivity contribution in [1.82, 2.24) is 0 Å². The Morgan fingerprint density at radius 3 is 1.52 bits per heavy atom. The lowest BCUT2D eigenvalue weighted by Gasteiger charge is -2.29. The summed E-state index contributed by atoms with van der Waals surface area (Å²) >= 11 is 0. The van der Waals surface area contributed by atoms with Crippen molar-refractivity contribution in [3.8, 4) is 11.1 Å². The van der Waals surface area contributed by atoms with Gasteiger partial charge in [-0.3, -0.25) is 0 Å². The predicted molar refractivity (Wildman–Crippen MR) is 204 cm³/mol. The molecule has 1 aromatic heterocycles. The Bertz CT molecular complexity index is 2730. The molecule has 48 heavy (non-hydrogen) atoms. The molecular weight excluding hydrogens is 583 g/mol. The van der Waals surface area contributed by atoms with E-state index in [0.717, 1.165) is 50.1 Å². The largest absolute Gasteiger partial charge is 0.455 e. The van der Waals surface area contributed by atoms with Gasteiger partial charge in [-0.25, -0.2) is 0 Å². The van der Waals surface area contributed by atoms with Crippen LogP contribution >= 0.6 is 0 Å². The highest BCUT2D eigenvalue weighted by molar-refractivity contribution is 6.21. The van der Waals surface area contributed by atoms with Crippen LogP contribution in [-0.2, 0) is 0 Å². The van der Waals surface area contributed by atoms with Gasteiger partial charge < -0.3 is 9.32 Å². The van der Waals surface area contributed by atoms with Crippen molar-refractivity contribution in [2.75, 3.05) is 4.90 Å². The minimum Gasteiger partial charge on any atom is -0.455 e. The van der Waals surface area contributed by atoms with Gasteiger partial charge in [0, 0.05) is 21.7 Å². The van der Waals surface area contributed by atoms with Crippen molar-refractivity contribution < 1.29 is 4.42 Å². The summed E-state index contributed by atoms with van der Waals surface area (Å²) in [6.45, 7) is 0. The molecule has 0 N–H and O–H groups in total. The van der Waals surface area contributed by atoms with E-state index < -0.39 is 0 Å². The van der Waals surface area contributed by atoms with Crippen molar-refractivity contribution in [2.24, 2.45) is 0 Å². The molecule has 2 heteroatoms. The third-order valence-corrected chi connectivity index (χ3v) is 9.84. The van der Waals surface area contributed by atoms with Crippen molar-refractivity contribution >= 4 is 82.1 Å². The van der Waals surface area contributed by atoms with Crippen LogP contribution < -0.4 is 4.90 Å². The van der Waals surface area contributed by atoms with Gasteiger partial charge >= 0.3 is 0 Å². The molecule has 0 saturated heterocycles. The monoisotopic (exact) mass is 611 g/mol. The van der Waals surface area contributed by atoms with E-state index in [1.807, 2.05) is 0 Å². The normalized spacial score (nSPS) is 11.8. The van der Waals surface area contributed by atoms with Crippen molar-refractivity contribution in [2.45, 2.75) is 0 Å². The van der Waals surface area contributed by atoms with Crippen LogP contribution in [0.1, 0.15) is 0 Å². The van der Waals surface area contributed by atoms with Crippen molar-refractivity contribution in [3.63, 3.8) is 0 Å². The number of benzene rings is 9. The number of hydrogen-bond acceptors (Lipinski definition) is 2. The molecule has 0 fully saturated rings. The number of para-hydroxylation sites is 1. The Kier molecular flexibility index (Phi) is 5.91. The van der Waals surface area contributed by atoms with E-state index in [9.17, 15) is 0 Å². The topological polar surface area (TPSA) is 16.4 Å². The summed E-state index contributed by atoms with van der Waals surface area (Å²) < 4.78 is 6.76. The molecule has 10 aromatic rings. The number of anilines is 3. The summed E-state index contributed by atoms with van der Waals surface area (Å²) in [4.78, 5) is 2.47. The van der Waals surface area contributed by atoms with E-state index in [4.69, 9.17) is 4.42 Å². The van der Waals surface area contributed by atoms with Gasteiger partial charge in [-0.2, -0.15) is 0 Å². The van der Waals surface area contributed by atoms with Gasteiger partial charge in [0.15, 0.2) is 0 Å². The van der Waals surface area contributed by atoms with Crippen molar-refractivity contribution in [1.29, 1.82) is 0 Å². The Labute approximate surface area is 277 Å². The Balaban J connectivity index is 1.36. The van der Waals surface area contributed by atoms with Gasteiger partial charge in [0.2, 0.25) is 0 Å². The molecule has 0 spiro atoms. The van der Waals surface area contributed by atoms with Crippen LogP contribution in [0.3, 0.4) is 0 Å². The standard InChI is InChI=1S/C46H29NO/c1-2-12-30(13-3-1)35-28-29-43(45-40-18-8-9-23-44(40)48-46(35)45)47(41-21-10-19-36-33-16-6-4-14-31(33)24-26-38(36)41)42-22-11-20-37-34-17-7-5-15-32(34)25-27-39(37)42/h1-29H. The van der Waals surface area contributed by atoms with E-state index in [2.05, 4.69) is 181 Å². The van der Waals surface area contributed by atoms with Gasteiger partial charge in [-0.1, -0.05) is 146 Å². The lowest BCUT2D eigenvalue weighted by molar-refractivity contribution is 0.670. The van der Waals surface area contributed by atoms with Crippen LogP contribution in [0.5, 0.6) is 0 Å². The SMILES string of the molecule is c1ccc(-c2ccc(N(c3cccc4c3ccc3ccccc34)c3cccc4c3ccc3ccccc34)c3c2oc2ccccc23)cc1. The fraction of sp³-hybridized carbons (Fsp3) is 0. The third-order valence-electron chi connectivity index (χ3n) is 9.84. The zero-order valence-corrected chi connectivity index (χ0v) is 26.1. The van der Waals surface area contributed by atoms with E-state index in [1.54, 1.807) is 0 Å². The second kappa shape index (κ2) is 10.6. The molecule has 0 aliphatic carbocycles. The molecular formula is C46H29NO. The lowest BCUT2D eigenvalue weighted by atomic mass is 9.96. The van der Waals surface area contributed by atoms with Gasteiger partial charge in [-0.15, -0.1) is 0 Å². The van der Waals surface area contributed by atoms with Gasteiger partial charge in [0.05, 0.1) is 22.4 Å². The first-order valence-corrected chi connectivity index (χ1v) is 16.4. The first kappa shape index (κ1) is 26.8. The number of hydrogen-bond donors (Lipinski definition) is 0. The molecule has 0 unspecified atom stereocenters. The Morgan fingerprint density at radius 1 is 0.333 bits per heavy atom. The van der Waals surface area contributed by atoms with Crippen LogP contribution in [0.25, 0.3) is 76.2 Å². The zero-order chi connectivity index (χ0) is 31.6.